The molecule has 0 radical (unpaired) electrons. The van der Waals surface area contributed by atoms with Crippen molar-refractivity contribution >= 4 is 11.9 Å². The van der Waals surface area contributed by atoms with E-state index in [0.717, 1.165) is 51.4 Å². The van der Waals surface area contributed by atoms with Crippen LogP contribution >= 0.6 is 0 Å². The van der Waals surface area contributed by atoms with E-state index in [1.54, 1.807) is 0 Å². The average Bonchev–Trinajstić information content (AvgIpc) is 2.53. The Hall–Kier alpha value is -1.06. The second-order valence-electron chi connectivity index (χ2n) is 8.51. The van der Waals surface area contributed by atoms with E-state index < -0.39 is 17.4 Å². The number of hydrogen-bond donors (Lipinski definition) is 2. The van der Waals surface area contributed by atoms with Crippen LogP contribution in [0.15, 0.2) is 0 Å². The lowest BCUT2D eigenvalue weighted by atomic mass is 9.55. The molecular weight excluding hydrogens is 304 g/mol. The van der Waals surface area contributed by atoms with Gasteiger partial charge in [0.1, 0.15) is 0 Å². The van der Waals surface area contributed by atoms with Crippen molar-refractivity contribution in [2.24, 2.45) is 29.1 Å². The van der Waals surface area contributed by atoms with Crippen molar-refractivity contribution in [3.8, 4) is 0 Å². The fourth-order valence-corrected chi connectivity index (χ4v) is 5.28. The molecular formula is C20H34O4. The molecule has 2 N–H and O–H groups in total. The molecule has 0 aromatic rings. The molecule has 2 aliphatic carbocycles. The highest BCUT2D eigenvalue weighted by molar-refractivity contribution is 5.76. The molecule has 0 saturated heterocycles. The number of hydrogen-bond acceptors (Lipinski definition) is 2. The zero-order valence-corrected chi connectivity index (χ0v) is 15.3. The zero-order valence-electron chi connectivity index (χ0n) is 15.3. The fraction of sp³-hybridized carbons (Fsp3) is 0.900. The Kier molecular flexibility index (Phi) is 6.70. The summed E-state index contributed by atoms with van der Waals surface area (Å²) in [6, 6.07) is 0. The Morgan fingerprint density at radius 1 is 0.833 bits per heavy atom. The first-order valence-corrected chi connectivity index (χ1v) is 9.81. The lowest BCUT2D eigenvalue weighted by Crippen LogP contribution is -2.47. The summed E-state index contributed by atoms with van der Waals surface area (Å²) in [4.78, 5) is 23.5. The Labute approximate surface area is 146 Å². The summed E-state index contributed by atoms with van der Waals surface area (Å²) in [5.74, 6) is 0.351. The SMILES string of the molecule is CC1CCC(C(CCCC(=O)O)(C(=O)O)C2CCC(C)CC2)CC1. The van der Waals surface area contributed by atoms with Gasteiger partial charge in [0.15, 0.2) is 0 Å². The van der Waals surface area contributed by atoms with Gasteiger partial charge in [-0.05, 0) is 62.2 Å². The third-order valence-corrected chi connectivity index (χ3v) is 6.87. The molecule has 0 aromatic heterocycles. The predicted octanol–water partition coefficient (Wildman–Crippen LogP) is 4.96. The molecule has 0 bridgehead atoms. The largest absolute Gasteiger partial charge is 0.481 e. The quantitative estimate of drug-likeness (QED) is 0.687. The van der Waals surface area contributed by atoms with Crippen molar-refractivity contribution in [2.45, 2.75) is 84.5 Å². The molecule has 0 amide bonds. The standard InChI is InChI=1S/C20H34O4/c1-14-5-9-16(10-6-14)20(19(23)24,13-3-4-18(21)22)17-11-7-15(2)8-12-17/h14-17H,3-13H2,1-2H3,(H,21,22)(H,23,24). The lowest BCUT2D eigenvalue weighted by Gasteiger charge is -2.47. The van der Waals surface area contributed by atoms with E-state index in [9.17, 15) is 14.7 Å². The van der Waals surface area contributed by atoms with Crippen LogP contribution in [0.3, 0.4) is 0 Å². The highest BCUT2D eigenvalue weighted by atomic mass is 16.4. The molecule has 0 heterocycles. The number of aliphatic carboxylic acids is 2. The van der Waals surface area contributed by atoms with Gasteiger partial charge in [0.05, 0.1) is 5.41 Å². The van der Waals surface area contributed by atoms with E-state index >= 15 is 0 Å². The van der Waals surface area contributed by atoms with Crippen LogP contribution < -0.4 is 0 Å². The first-order chi connectivity index (χ1) is 11.4. The van der Waals surface area contributed by atoms with Crippen LogP contribution in [0.4, 0.5) is 0 Å². The van der Waals surface area contributed by atoms with E-state index in [1.807, 2.05) is 0 Å². The Balaban J connectivity index is 2.22. The summed E-state index contributed by atoms with van der Waals surface area (Å²) in [5.41, 5.74) is -0.699. The normalized spacial score (nSPS) is 33.6. The maximum absolute atomic E-state index is 12.5. The molecule has 0 spiro atoms. The number of rotatable bonds is 7. The minimum Gasteiger partial charge on any atom is -0.481 e. The molecule has 4 nitrogen and oxygen atoms in total. The zero-order chi connectivity index (χ0) is 17.7. The fourth-order valence-electron chi connectivity index (χ4n) is 5.28. The molecule has 0 unspecified atom stereocenters. The van der Waals surface area contributed by atoms with Crippen molar-refractivity contribution in [1.29, 1.82) is 0 Å². The van der Waals surface area contributed by atoms with Crippen molar-refractivity contribution in [2.75, 3.05) is 0 Å². The van der Waals surface area contributed by atoms with Crippen LogP contribution in [-0.4, -0.2) is 22.2 Å². The van der Waals surface area contributed by atoms with Gasteiger partial charge in [-0.2, -0.15) is 0 Å². The van der Waals surface area contributed by atoms with Crippen LogP contribution in [0.25, 0.3) is 0 Å². The molecule has 2 aliphatic rings. The third kappa shape index (κ3) is 4.31. The number of carboxylic acid groups (broad SMARTS) is 2. The maximum Gasteiger partial charge on any atom is 0.310 e. The molecule has 2 fully saturated rings. The van der Waals surface area contributed by atoms with E-state index in [2.05, 4.69) is 13.8 Å². The van der Waals surface area contributed by atoms with Crippen LogP contribution in [0.5, 0.6) is 0 Å². The smallest absolute Gasteiger partial charge is 0.310 e. The minimum absolute atomic E-state index is 0.0846. The van der Waals surface area contributed by atoms with E-state index in [4.69, 9.17) is 5.11 Å². The molecule has 0 aromatic carbocycles. The summed E-state index contributed by atoms with van der Waals surface area (Å²) in [6.45, 7) is 4.51. The van der Waals surface area contributed by atoms with Crippen LogP contribution in [-0.2, 0) is 9.59 Å². The summed E-state index contributed by atoms with van der Waals surface area (Å²) in [7, 11) is 0. The van der Waals surface area contributed by atoms with E-state index in [0.29, 0.717) is 24.7 Å². The third-order valence-electron chi connectivity index (χ3n) is 6.87. The molecule has 0 aliphatic heterocycles. The van der Waals surface area contributed by atoms with Gasteiger partial charge in [0, 0.05) is 6.42 Å². The van der Waals surface area contributed by atoms with Crippen molar-refractivity contribution in [1.82, 2.24) is 0 Å². The van der Waals surface area contributed by atoms with Crippen LogP contribution in [0.1, 0.15) is 84.5 Å². The number of carbonyl (C=O) groups is 2. The molecule has 138 valence electrons. The summed E-state index contributed by atoms with van der Waals surface area (Å²) in [5, 5.41) is 19.3. The molecule has 24 heavy (non-hydrogen) atoms. The van der Waals surface area contributed by atoms with Gasteiger partial charge in [0.2, 0.25) is 0 Å². The average molecular weight is 338 g/mol. The van der Waals surface area contributed by atoms with E-state index in [-0.39, 0.29) is 18.3 Å². The molecule has 0 atom stereocenters. The van der Waals surface area contributed by atoms with Crippen molar-refractivity contribution in [3.63, 3.8) is 0 Å². The molecule has 4 heteroatoms. The highest BCUT2D eigenvalue weighted by Gasteiger charge is 2.51. The van der Waals surface area contributed by atoms with Crippen molar-refractivity contribution < 1.29 is 19.8 Å². The van der Waals surface area contributed by atoms with Gasteiger partial charge >= 0.3 is 11.9 Å². The predicted molar refractivity (Wildman–Crippen MR) is 93.8 cm³/mol. The van der Waals surface area contributed by atoms with Gasteiger partial charge in [-0.25, -0.2) is 0 Å². The second kappa shape index (κ2) is 8.35. The Morgan fingerprint density at radius 2 is 1.25 bits per heavy atom. The monoisotopic (exact) mass is 338 g/mol. The topological polar surface area (TPSA) is 74.6 Å². The highest BCUT2D eigenvalue weighted by Crippen LogP contribution is 2.53. The Morgan fingerprint density at radius 3 is 1.58 bits per heavy atom. The first kappa shape index (κ1) is 19.3. The van der Waals surface area contributed by atoms with Gasteiger partial charge < -0.3 is 10.2 Å². The summed E-state index contributed by atoms with van der Waals surface area (Å²) < 4.78 is 0. The van der Waals surface area contributed by atoms with Crippen LogP contribution in [0.2, 0.25) is 0 Å². The van der Waals surface area contributed by atoms with Crippen molar-refractivity contribution in [3.05, 3.63) is 0 Å². The van der Waals surface area contributed by atoms with Gasteiger partial charge in [-0.1, -0.05) is 39.5 Å². The summed E-state index contributed by atoms with van der Waals surface area (Å²) >= 11 is 0. The van der Waals surface area contributed by atoms with Crippen LogP contribution in [0, 0.1) is 29.1 Å². The Bertz CT molecular complexity index is 407. The molecule has 2 rings (SSSR count). The number of carboxylic acids is 2. The van der Waals surface area contributed by atoms with E-state index in [1.165, 1.54) is 0 Å². The second-order valence-corrected chi connectivity index (χ2v) is 8.51. The van der Waals surface area contributed by atoms with Gasteiger partial charge in [0.25, 0.3) is 0 Å². The maximum atomic E-state index is 12.5. The summed E-state index contributed by atoms with van der Waals surface area (Å²) in [6.07, 6.45) is 9.53. The van der Waals surface area contributed by atoms with Gasteiger partial charge in [-0.15, -0.1) is 0 Å². The van der Waals surface area contributed by atoms with Gasteiger partial charge in [-0.3, -0.25) is 9.59 Å². The molecule has 2 saturated carbocycles. The minimum atomic E-state index is -0.816. The lowest BCUT2D eigenvalue weighted by molar-refractivity contribution is -0.162. The first-order valence-electron chi connectivity index (χ1n) is 9.81.